The number of thioether (sulfide) groups is 2. The van der Waals surface area contributed by atoms with Gasteiger partial charge < -0.3 is 4.74 Å². The van der Waals surface area contributed by atoms with Crippen molar-refractivity contribution in [3.8, 4) is 0 Å². The molecule has 0 atom stereocenters. The predicted molar refractivity (Wildman–Crippen MR) is 70.5 cm³/mol. The molecule has 0 aromatic carbocycles. The van der Waals surface area contributed by atoms with Crippen molar-refractivity contribution in [2.45, 2.75) is 44.6 Å². The van der Waals surface area contributed by atoms with Crippen molar-refractivity contribution < 1.29 is 9.53 Å². The molecule has 0 aliphatic carbocycles. The molecule has 0 aromatic rings. The Balaban J connectivity index is 4.65. The number of rotatable bonds is 8. The Morgan fingerprint density at radius 2 is 1.67 bits per heavy atom. The third kappa shape index (κ3) is 4.68. The first kappa shape index (κ1) is 15.2. The van der Waals surface area contributed by atoms with Crippen LogP contribution in [0.2, 0.25) is 0 Å². The predicted octanol–water partition coefficient (Wildman–Crippen LogP) is 3.55. The largest absolute Gasteiger partial charge is 0.464 e. The van der Waals surface area contributed by atoms with E-state index < -0.39 is 0 Å². The van der Waals surface area contributed by atoms with Crippen molar-refractivity contribution in [1.82, 2.24) is 0 Å². The second kappa shape index (κ2) is 8.34. The number of hydrogen-bond acceptors (Lipinski definition) is 4. The number of carbonyl (C=O) groups is 1. The average Bonchev–Trinajstić information content (AvgIpc) is 2.19. The summed E-state index contributed by atoms with van der Waals surface area (Å²) in [6.45, 7) is 8.62. The standard InChI is InChI=1S/C11H22O2S2/c1-5-9-11(14-7-3,15-8-4)10(12)13-6-2/h5-9H2,1-4H3. The van der Waals surface area contributed by atoms with Crippen LogP contribution in [0.1, 0.15) is 40.5 Å². The van der Waals surface area contributed by atoms with E-state index >= 15 is 0 Å². The van der Waals surface area contributed by atoms with Gasteiger partial charge in [0, 0.05) is 0 Å². The molecular weight excluding hydrogens is 228 g/mol. The zero-order valence-electron chi connectivity index (χ0n) is 10.2. The van der Waals surface area contributed by atoms with Gasteiger partial charge in [-0.3, -0.25) is 0 Å². The van der Waals surface area contributed by atoms with Gasteiger partial charge in [-0.1, -0.05) is 27.2 Å². The molecule has 0 unspecified atom stereocenters. The molecule has 0 rings (SSSR count). The fourth-order valence-electron chi connectivity index (χ4n) is 1.44. The summed E-state index contributed by atoms with van der Waals surface area (Å²) in [5.74, 6) is 1.85. The van der Waals surface area contributed by atoms with E-state index in [9.17, 15) is 4.79 Å². The van der Waals surface area contributed by atoms with E-state index in [1.54, 1.807) is 23.5 Å². The molecule has 4 heteroatoms. The van der Waals surface area contributed by atoms with Gasteiger partial charge in [-0.05, 0) is 24.9 Å². The van der Waals surface area contributed by atoms with Gasteiger partial charge in [-0.2, -0.15) is 0 Å². The molecule has 0 amide bonds. The maximum atomic E-state index is 12.0. The summed E-state index contributed by atoms with van der Waals surface area (Å²) in [5, 5.41) is 0. The zero-order chi connectivity index (χ0) is 11.7. The summed E-state index contributed by atoms with van der Waals surface area (Å²) in [6.07, 6.45) is 1.90. The van der Waals surface area contributed by atoms with Crippen molar-refractivity contribution in [1.29, 1.82) is 0 Å². The highest BCUT2D eigenvalue weighted by atomic mass is 32.2. The number of carbonyl (C=O) groups excluding carboxylic acids is 1. The molecule has 0 heterocycles. The number of ether oxygens (including phenoxy) is 1. The summed E-state index contributed by atoms with van der Waals surface area (Å²) in [7, 11) is 0. The number of hydrogen-bond donors (Lipinski definition) is 0. The summed E-state index contributed by atoms with van der Waals surface area (Å²) < 4.78 is 4.82. The van der Waals surface area contributed by atoms with Crippen LogP contribution in [0.15, 0.2) is 0 Å². The molecule has 0 fully saturated rings. The average molecular weight is 250 g/mol. The fraction of sp³-hybridized carbons (Fsp3) is 0.909. The first-order valence-corrected chi connectivity index (χ1v) is 7.59. The highest BCUT2D eigenvalue weighted by Gasteiger charge is 2.39. The summed E-state index contributed by atoms with van der Waals surface area (Å²) >= 11 is 3.42. The van der Waals surface area contributed by atoms with Crippen LogP contribution < -0.4 is 0 Å². The van der Waals surface area contributed by atoms with E-state index in [4.69, 9.17) is 4.74 Å². The lowest BCUT2D eigenvalue weighted by Crippen LogP contribution is -2.34. The van der Waals surface area contributed by atoms with Gasteiger partial charge in [0.15, 0.2) is 4.08 Å². The van der Waals surface area contributed by atoms with Gasteiger partial charge >= 0.3 is 5.97 Å². The van der Waals surface area contributed by atoms with E-state index in [2.05, 4.69) is 20.8 Å². The molecule has 0 saturated carbocycles. The topological polar surface area (TPSA) is 26.3 Å². The van der Waals surface area contributed by atoms with Crippen LogP contribution in [0.4, 0.5) is 0 Å². The molecule has 0 aliphatic rings. The van der Waals surface area contributed by atoms with Crippen LogP contribution in [-0.2, 0) is 9.53 Å². The maximum absolute atomic E-state index is 12.0. The lowest BCUT2D eigenvalue weighted by atomic mass is 10.2. The van der Waals surface area contributed by atoms with Crippen molar-refractivity contribution in [3.63, 3.8) is 0 Å². The molecule has 0 radical (unpaired) electrons. The highest BCUT2D eigenvalue weighted by Crippen LogP contribution is 2.42. The van der Waals surface area contributed by atoms with Crippen molar-refractivity contribution >= 4 is 29.5 Å². The smallest absolute Gasteiger partial charge is 0.332 e. The second-order valence-electron chi connectivity index (χ2n) is 3.09. The molecule has 90 valence electrons. The Kier molecular flexibility index (Phi) is 8.43. The SMILES string of the molecule is CCCC(SCC)(SCC)C(=O)OCC. The monoisotopic (exact) mass is 250 g/mol. The molecule has 0 saturated heterocycles. The van der Waals surface area contributed by atoms with Crippen molar-refractivity contribution in [2.75, 3.05) is 18.1 Å². The first-order chi connectivity index (χ1) is 7.16. The van der Waals surface area contributed by atoms with Crippen LogP contribution in [0.3, 0.4) is 0 Å². The Morgan fingerprint density at radius 3 is 2.00 bits per heavy atom. The normalized spacial score (nSPS) is 11.5. The molecule has 0 N–H and O–H groups in total. The minimum Gasteiger partial charge on any atom is -0.464 e. The zero-order valence-corrected chi connectivity index (χ0v) is 11.8. The van der Waals surface area contributed by atoms with Crippen LogP contribution >= 0.6 is 23.5 Å². The van der Waals surface area contributed by atoms with Crippen molar-refractivity contribution in [3.05, 3.63) is 0 Å². The van der Waals surface area contributed by atoms with E-state index in [0.29, 0.717) is 6.61 Å². The van der Waals surface area contributed by atoms with Gasteiger partial charge in [-0.25, -0.2) is 4.79 Å². The van der Waals surface area contributed by atoms with Gasteiger partial charge in [0.05, 0.1) is 6.61 Å². The van der Waals surface area contributed by atoms with Gasteiger partial charge in [0.2, 0.25) is 0 Å². The molecular formula is C11H22O2S2. The quantitative estimate of drug-likeness (QED) is 0.486. The highest BCUT2D eigenvalue weighted by molar-refractivity contribution is 8.19. The van der Waals surface area contributed by atoms with Gasteiger partial charge in [-0.15, -0.1) is 23.5 Å². The lowest BCUT2D eigenvalue weighted by molar-refractivity contribution is -0.143. The summed E-state index contributed by atoms with van der Waals surface area (Å²) in [6, 6.07) is 0. The Morgan fingerprint density at radius 1 is 1.13 bits per heavy atom. The Hall–Kier alpha value is 0.170. The van der Waals surface area contributed by atoms with E-state index in [1.807, 2.05) is 6.92 Å². The number of esters is 1. The maximum Gasteiger partial charge on any atom is 0.332 e. The van der Waals surface area contributed by atoms with Crippen LogP contribution in [0.5, 0.6) is 0 Å². The second-order valence-corrected chi connectivity index (χ2v) is 6.47. The minimum atomic E-state index is -0.367. The van der Waals surface area contributed by atoms with Gasteiger partial charge in [0.25, 0.3) is 0 Å². The molecule has 0 spiro atoms. The third-order valence-corrected chi connectivity index (χ3v) is 4.88. The van der Waals surface area contributed by atoms with Gasteiger partial charge in [0.1, 0.15) is 0 Å². The Labute approximate surface area is 102 Å². The Bertz CT molecular complexity index is 166. The van der Waals surface area contributed by atoms with E-state index in [-0.39, 0.29) is 10.0 Å². The molecule has 0 bridgehead atoms. The van der Waals surface area contributed by atoms with Crippen LogP contribution in [-0.4, -0.2) is 28.2 Å². The molecule has 15 heavy (non-hydrogen) atoms. The van der Waals surface area contributed by atoms with Crippen LogP contribution in [0, 0.1) is 0 Å². The minimum absolute atomic E-state index is 0.0504. The third-order valence-electron chi connectivity index (χ3n) is 1.92. The molecule has 2 nitrogen and oxygen atoms in total. The first-order valence-electron chi connectivity index (χ1n) is 5.61. The van der Waals surface area contributed by atoms with Crippen molar-refractivity contribution in [2.24, 2.45) is 0 Å². The summed E-state index contributed by atoms with van der Waals surface area (Å²) in [4.78, 5) is 12.0. The van der Waals surface area contributed by atoms with E-state index in [0.717, 1.165) is 24.3 Å². The summed E-state index contributed by atoms with van der Waals surface area (Å²) in [5.41, 5.74) is 0. The molecule has 0 aliphatic heterocycles. The van der Waals surface area contributed by atoms with E-state index in [1.165, 1.54) is 0 Å². The fourth-order valence-corrected chi connectivity index (χ4v) is 4.47. The molecule has 0 aromatic heterocycles. The lowest BCUT2D eigenvalue weighted by Gasteiger charge is -2.29. The van der Waals surface area contributed by atoms with Crippen LogP contribution in [0.25, 0.3) is 0 Å².